The molecule has 2 heterocycles. The minimum Gasteiger partial charge on any atom is -0.338 e. The summed E-state index contributed by atoms with van der Waals surface area (Å²) in [5.74, 6) is -0.170. The Balaban J connectivity index is 0.00000312. The Labute approximate surface area is 155 Å². The van der Waals surface area contributed by atoms with Crippen LogP contribution in [0.5, 0.6) is 0 Å². The molecule has 10 heteroatoms. The zero-order valence-electron chi connectivity index (χ0n) is 14.9. The van der Waals surface area contributed by atoms with Crippen molar-refractivity contribution in [1.29, 1.82) is 0 Å². The van der Waals surface area contributed by atoms with E-state index >= 15 is 0 Å². The number of carbonyl (C=O) groups is 1. The summed E-state index contributed by atoms with van der Waals surface area (Å²) in [7, 11) is -2.11. The van der Waals surface area contributed by atoms with Crippen LogP contribution < -0.4 is 10.0 Å². The van der Waals surface area contributed by atoms with E-state index < -0.39 is 16.1 Å². The second kappa shape index (κ2) is 9.51. The van der Waals surface area contributed by atoms with Crippen molar-refractivity contribution in [3.8, 4) is 0 Å². The Bertz CT molecular complexity index is 658. The molecule has 8 nitrogen and oxygen atoms in total. The molecule has 0 aliphatic carbocycles. The molecule has 1 amide bonds. The molecule has 0 bridgehead atoms. The number of aryl methyl sites for hydroxylation is 1. The minimum absolute atomic E-state index is 0. The largest absolute Gasteiger partial charge is 0.338 e. The molecule has 1 aliphatic heterocycles. The fourth-order valence-electron chi connectivity index (χ4n) is 2.97. The molecule has 144 valence electrons. The Kier molecular flexibility index (Phi) is 8.33. The standard InChI is InChI=1S/C15H27N5O3S.ClH/c1-4-9-20(13-5-7-16-8-6-13)15(21)12(2)18-24(22,23)14-10-17-19(3)11-14;/h10-13,16,18H,4-9H2,1-3H3;1H. The van der Waals surface area contributed by atoms with Crippen LogP contribution in [0.1, 0.15) is 33.1 Å². The maximum atomic E-state index is 12.8. The van der Waals surface area contributed by atoms with E-state index in [4.69, 9.17) is 0 Å². The number of rotatable bonds is 7. The lowest BCUT2D eigenvalue weighted by atomic mass is 10.0. The number of nitrogens with one attached hydrogen (secondary N) is 2. The van der Waals surface area contributed by atoms with E-state index in [2.05, 4.69) is 15.1 Å². The molecule has 0 spiro atoms. The second-order valence-electron chi connectivity index (χ2n) is 6.21. The molecule has 1 aromatic heterocycles. The van der Waals surface area contributed by atoms with Gasteiger partial charge in [0.05, 0.1) is 12.2 Å². The number of carbonyl (C=O) groups excluding carboxylic acids is 1. The van der Waals surface area contributed by atoms with E-state index in [1.165, 1.54) is 17.1 Å². The highest BCUT2D eigenvalue weighted by Crippen LogP contribution is 2.15. The van der Waals surface area contributed by atoms with Gasteiger partial charge in [-0.05, 0) is 39.3 Å². The molecular formula is C15H28ClN5O3S. The minimum atomic E-state index is -3.76. The van der Waals surface area contributed by atoms with Crippen LogP contribution in [0.25, 0.3) is 0 Å². The lowest BCUT2D eigenvalue weighted by molar-refractivity contribution is -0.135. The lowest BCUT2D eigenvalue weighted by Crippen LogP contribution is -2.53. The highest BCUT2D eigenvalue weighted by Gasteiger charge is 2.30. The predicted octanol–water partition coefficient (Wildman–Crippen LogP) is 0.499. The van der Waals surface area contributed by atoms with Gasteiger partial charge in [-0.15, -0.1) is 12.4 Å². The molecule has 0 aromatic carbocycles. The fraction of sp³-hybridized carbons (Fsp3) is 0.733. The van der Waals surface area contributed by atoms with Crippen molar-refractivity contribution in [3.63, 3.8) is 0 Å². The van der Waals surface area contributed by atoms with Crippen molar-refractivity contribution in [3.05, 3.63) is 12.4 Å². The number of hydrogen-bond donors (Lipinski definition) is 2. The van der Waals surface area contributed by atoms with Crippen LogP contribution in [0.15, 0.2) is 17.3 Å². The van der Waals surface area contributed by atoms with E-state index in [1.807, 2.05) is 11.8 Å². The van der Waals surface area contributed by atoms with Gasteiger partial charge in [-0.25, -0.2) is 8.42 Å². The number of halogens is 1. The van der Waals surface area contributed by atoms with Gasteiger partial charge in [0.2, 0.25) is 15.9 Å². The molecule has 0 radical (unpaired) electrons. The fourth-order valence-corrected chi connectivity index (χ4v) is 4.15. The molecule has 1 aromatic rings. The van der Waals surface area contributed by atoms with Crippen LogP contribution in [-0.2, 0) is 21.9 Å². The number of piperidine rings is 1. The van der Waals surface area contributed by atoms with Gasteiger partial charge in [0.25, 0.3) is 0 Å². The number of aromatic nitrogens is 2. The topological polar surface area (TPSA) is 96.3 Å². The summed E-state index contributed by atoms with van der Waals surface area (Å²) in [5, 5.41) is 7.15. The SMILES string of the molecule is CCCN(C(=O)C(C)NS(=O)(=O)c1cnn(C)c1)C1CCNCC1.Cl. The van der Waals surface area contributed by atoms with Crippen molar-refractivity contribution in [1.82, 2.24) is 24.7 Å². The summed E-state index contributed by atoms with van der Waals surface area (Å²) < 4.78 is 28.6. The van der Waals surface area contributed by atoms with Crippen molar-refractivity contribution < 1.29 is 13.2 Å². The molecule has 1 saturated heterocycles. The van der Waals surface area contributed by atoms with Crippen LogP contribution in [0.2, 0.25) is 0 Å². The summed E-state index contributed by atoms with van der Waals surface area (Å²) in [6.45, 7) is 6.02. The highest BCUT2D eigenvalue weighted by atomic mass is 35.5. The van der Waals surface area contributed by atoms with Gasteiger partial charge in [-0.1, -0.05) is 6.92 Å². The van der Waals surface area contributed by atoms with Gasteiger partial charge in [-0.3, -0.25) is 9.48 Å². The molecule has 2 N–H and O–H groups in total. The summed E-state index contributed by atoms with van der Waals surface area (Å²) in [6, 6.07) is -0.638. The Hall–Kier alpha value is -1.16. The molecular weight excluding hydrogens is 366 g/mol. The average Bonchev–Trinajstić information content (AvgIpc) is 3.00. The van der Waals surface area contributed by atoms with Gasteiger partial charge in [0.1, 0.15) is 4.90 Å². The van der Waals surface area contributed by atoms with Gasteiger partial charge in [0, 0.05) is 25.8 Å². The molecule has 1 unspecified atom stereocenters. The Morgan fingerprint density at radius 3 is 2.64 bits per heavy atom. The quantitative estimate of drug-likeness (QED) is 0.703. The van der Waals surface area contributed by atoms with Crippen molar-refractivity contribution in [2.75, 3.05) is 19.6 Å². The van der Waals surface area contributed by atoms with E-state index in [9.17, 15) is 13.2 Å². The summed E-state index contributed by atoms with van der Waals surface area (Å²) in [6.07, 6.45) is 5.33. The van der Waals surface area contributed by atoms with Crippen molar-refractivity contribution in [2.24, 2.45) is 7.05 Å². The normalized spacial score (nSPS) is 16.9. The van der Waals surface area contributed by atoms with Crippen LogP contribution in [0.3, 0.4) is 0 Å². The molecule has 0 saturated carbocycles. The Morgan fingerprint density at radius 2 is 2.12 bits per heavy atom. The maximum absolute atomic E-state index is 12.8. The highest BCUT2D eigenvalue weighted by molar-refractivity contribution is 7.89. The maximum Gasteiger partial charge on any atom is 0.244 e. The van der Waals surface area contributed by atoms with Gasteiger partial charge >= 0.3 is 0 Å². The van der Waals surface area contributed by atoms with Gasteiger partial charge < -0.3 is 10.2 Å². The number of sulfonamides is 1. The monoisotopic (exact) mass is 393 g/mol. The summed E-state index contributed by atoms with van der Waals surface area (Å²) in [5.41, 5.74) is 0. The van der Waals surface area contributed by atoms with Gasteiger partial charge in [0.15, 0.2) is 0 Å². The third kappa shape index (κ3) is 5.67. The third-order valence-electron chi connectivity index (χ3n) is 4.19. The number of nitrogens with zero attached hydrogens (tertiary/aromatic N) is 3. The van der Waals surface area contributed by atoms with E-state index in [1.54, 1.807) is 14.0 Å². The van der Waals surface area contributed by atoms with Crippen LogP contribution in [0.4, 0.5) is 0 Å². The number of amides is 1. The first-order valence-corrected chi connectivity index (χ1v) is 9.85. The first-order valence-electron chi connectivity index (χ1n) is 8.37. The van der Waals surface area contributed by atoms with Gasteiger partial charge in [-0.2, -0.15) is 9.82 Å². The van der Waals surface area contributed by atoms with Crippen LogP contribution in [-0.4, -0.2) is 60.7 Å². The first kappa shape index (κ1) is 21.9. The molecule has 1 fully saturated rings. The van der Waals surface area contributed by atoms with E-state index in [-0.39, 0.29) is 29.3 Å². The second-order valence-corrected chi connectivity index (χ2v) is 7.92. The van der Waals surface area contributed by atoms with E-state index in [0.29, 0.717) is 6.54 Å². The van der Waals surface area contributed by atoms with Crippen molar-refractivity contribution >= 4 is 28.3 Å². The van der Waals surface area contributed by atoms with Crippen LogP contribution in [0, 0.1) is 0 Å². The summed E-state index contributed by atoms with van der Waals surface area (Å²) in [4.78, 5) is 14.7. The first-order chi connectivity index (χ1) is 11.3. The zero-order valence-corrected chi connectivity index (χ0v) is 16.6. The average molecular weight is 394 g/mol. The van der Waals surface area contributed by atoms with Crippen LogP contribution >= 0.6 is 12.4 Å². The molecule has 1 aliphatic rings. The molecule has 2 rings (SSSR count). The van der Waals surface area contributed by atoms with E-state index in [0.717, 1.165) is 32.4 Å². The smallest absolute Gasteiger partial charge is 0.244 e. The lowest BCUT2D eigenvalue weighted by Gasteiger charge is -2.36. The molecule has 25 heavy (non-hydrogen) atoms. The third-order valence-corrected chi connectivity index (χ3v) is 5.69. The predicted molar refractivity (Wildman–Crippen MR) is 98.1 cm³/mol. The zero-order chi connectivity index (χ0) is 17.7. The summed E-state index contributed by atoms with van der Waals surface area (Å²) >= 11 is 0. The Morgan fingerprint density at radius 1 is 1.48 bits per heavy atom. The molecule has 1 atom stereocenters. The van der Waals surface area contributed by atoms with Crippen molar-refractivity contribution in [2.45, 2.75) is 50.1 Å². The number of hydrogen-bond acceptors (Lipinski definition) is 5.